The Bertz CT molecular complexity index is 33.7. The summed E-state index contributed by atoms with van der Waals surface area (Å²) in [5.74, 6) is 0. The summed E-state index contributed by atoms with van der Waals surface area (Å²) in [7, 11) is 3.52. The second-order valence-electron chi connectivity index (χ2n) is 1.06. The number of hydrogen-bond acceptors (Lipinski definition) is 3. The molecule has 0 atom stereocenters. The van der Waals surface area contributed by atoms with Gasteiger partial charge in [-0.2, -0.15) is 0 Å². The van der Waals surface area contributed by atoms with Gasteiger partial charge >= 0.3 is 7.12 Å². The summed E-state index contributed by atoms with van der Waals surface area (Å²) in [5.41, 5.74) is 5.25. The number of rotatable bonds is 2. The van der Waals surface area contributed by atoms with Gasteiger partial charge < -0.3 is 23.5 Å². The third kappa shape index (κ3) is 10.1. The molecule has 0 aliphatic rings. The van der Waals surface area contributed by atoms with E-state index in [-0.39, 0.29) is 45.7 Å². The maximum atomic E-state index is 5.25. The fraction of sp³-hybridized carbons (Fsp3) is 0.667. The molecule has 0 aromatic rings. The van der Waals surface area contributed by atoms with Crippen molar-refractivity contribution in [3.63, 3.8) is 0 Å². The van der Waals surface area contributed by atoms with E-state index in [9.17, 15) is 0 Å². The predicted octanol–water partition coefficient (Wildman–Crippen LogP) is -1.18. The minimum atomic E-state index is -0.0648. The minimum absolute atomic E-state index is 0. The van der Waals surface area contributed by atoms with Crippen LogP contribution in [-0.4, -0.2) is 21.2 Å². The van der Waals surface area contributed by atoms with Gasteiger partial charge in [0.25, 0.3) is 0 Å². The zero-order valence-corrected chi connectivity index (χ0v) is 9.82. The van der Waals surface area contributed by atoms with Crippen molar-refractivity contribution in [2.45, 2.75) is 0 Å². The first kappa shape index (κ1) is 16.0. The monoisotopic (exact) mass is 340 g/mol. The van der Waals surface area contributed by atoms with Crippen LogP contribution in [0.2, 0.25) is 0 Å². The van der Waals surface area contributed by atoms with Gasteiger partial charge in [-0.15, -0.1) is 0 Å². The summed E-state index contributed by atoms with van der Waals surface area (Å²) < 4.78 is 0. The summed E-state index contributed by atoms with van der Waals surface area (Å²) in [5, 5.41) is 5.56. The summed E-state index contributed by atoms with van der Waals surface area (Å²) in [6, 6.07) is 0. The number of hydrogen-bond donors (Lipinski definition) is 3. The summed E-state index contributed by atoms with van der Waals surface area (Å²) >= 11 is 0. The SMILES string of the molecule is CNB(N)NC.[CH3-].[U]. The molecule has 0 amide bonds. The molecule has 0 aromatic carbocycles. The average Bonchev–Trinajstić information content (AvgIpc) is 1.65. The smallest absolute Gasteiger partial charge is 0.358 e. The molecule has 0 unspecified atom stereocenters. The van der Waals surface area contributed by atoms with Gasteiger partial charge in [-0.05, 0) is 14.1 Å². The van der Waals surface area contributed by atoms with Gasteiger partial charge in [-0.25, -0.2) is 0 Å². The molecule has 0 heterocycles. The fourth-order valence-corrected chi connectivity index (χ4v) is 0.144. The Morgan fingerprint density at radius 2 is 1.50 bits per heavy atom. The quantitative estimate of drug-likeness (QED) is 0.438. The third-order valence-electron chi connectivity index (χ3n) is 0.622. The molecule has 0 fully saturated rings. The molecule has 8 heavy (non-hydrogen) atoms. The van der Waals surface area contributed by atoms with E-state index in [4.69, 9.17) is 5.64 Å². The average molecular weight is 340 g/mol. The Hall–Kier alpha value is 0.997. The molecule has 0 radical (unpaired) electrons. The first-order valence-electron chi connectivity index (χ1n) is 1.91. The maximum Gasteiger partial charge on any atom is 0.391 e. The standard InChI is InChI=1S/C2H10BN3.CH3.U/c1-5-3(4)6-2;;/h5-6H,4H2,1-2H3;1H3;/q;-1;. The van der Waals surface area contributed by atoms with Crippen LogP contribution in [0.3, 0.4) is 0 Å². The maximum absolute atomic E-state index is 5.25. The molecule has 4 N–H and O–H groups in total. The molecule has 0 aliphatic heterocycles. The zero-order chi connectivity index (χ0) is 4.99. The van der Waals surface area contributed by atoms with E-state index in [1.807, 2.05) is 0 Å². The molecule has 0 saturated carbocycles. The van der Waals surface area contributed by atoms with Gasteiger partial charge in [-0.1, -0.05) is 0 Å². The largest absolute Gasteiger partial charge is 0.391 e. The van der Waals surface area contributed by atoms with Gasteiger partial charge in [0.05, 0.1) is 0 Å². The van der Waals surface area contributed by atoms with Crippen molar-refractivity contribution in [1.82, 2.24) is 10.5 Å². The van der Waals surface area contributed by atoms with Crippen LogP contribution >= 0.6 is 0 Å². The van der Waals surface area contributed by atoms with Crippen LogP contribution in [0.1, 0.15) is 0 Å². The van der Waals surface area contributed by atoms with Crippen LogP contribution in [0.25, 0.3) is 0 Å². The molecular weight excluding hydrogens is 327 g/mol. The molecule has 0 saturated heterocycles. The molecule has 0 rings (SSSR count). The molecular formula is C3H13BN3U-. The van der Waals surface area contributed by atoms with E-state index < -0.39 is 0 Å². The van der Waals surface area contributed by atoms with Crippen molar-refractivity contribution in [2.24, 2.45) is 5.64 Å². The molecule has 0 spiro atoms. The molecule has 48 valence electrons. The zero-order valence-electron chi connectivity index (χ0n) is 5.65. The molecule has 0 bridgehead atoms. The first-order chi connectivity index (χ1) is 2.81. The number of nitrogens with one attached hydrogen (secondary N) is 2. The van der Waals surface area contributed by atoms with Crippen LogP contribution in [0.15, 0.2) is 0 Å². The van der Waals surface area contributed by atoms with Gasteiger partial charge in [0.2, 0.25) is 0 Å². The summed E-state index contributed by atoms with van der Waals surface area (Å²) in [4.78, 5) is 0. The van der Waals surface area contributed by atoms with Crippen LogP contribution in [0.4, 0.5) is 0 Å². The third-order valence-corrected chi connectivity index (χ3v) is 0.622. The Balaban J connectivity index is -0.000000125. The number of nitrogens with two attached hydrogens (primary N) is 1. The van der Waals surface area contributed by atoms with E-state index in [0.717, 1.165) is 0 Å². The van der Waals surface area contributed by atoms with Crippen molar-refractivity contribution >= 4 is 7.12 Å². The van der Waals surface area contributed by atoms with Crippen molar-refractivity contribution < 1.29 is 31.1 Å². The van der Waals surface area contributed by atoms with Crippen molar-refractivity contribution in [3.8, 4) is 0 Å². The van der Waals surface area contributed by atoms with Crippen LogP contribution in [0.5, 0.6) is 0 Å². The fourth-order valence-electron chi connectivity index (χ4n) is 0.144. The summed E-state index contributed by atoms with van der Waals surface area (Å²) in [6.07, 6.45) is 0. The Morgan fingerprint density at radius 1 is 1.25 bits per heavy atom. The minimum Gasteiger partial charge on any atom is -0.358 e. The van der Waals surface area contributed by atoms with Crippen LogP contribution in [-0.2, 0) is 0 Å². The van der Waals surface area contributed by atoms with Gasteiger partial charge in [0, 0.05) is 31.1 Å². The second kappa shape index (κ2) is 10.9. The van der Waals surface area contributed by atoms with Gasteiger partial charge in [-0.3, -0.25) is 0 Å². The van der Waals surface area contributed by atoms with E-state index in [0.29, 0.717) is 0 Å². The Morgan fingerprint density at radius 3 is 1.50 bits per heavy atom. The normalized spacial score (nSPS) is 6.38. The first-order valence-corrected chi connectivity index (χ1v) is 1.91. The van der Waals surface area contributed by atoms with Crippen molar-refractivity contribution in [2.75, 3.05) is 14.1 Å². The second-order valence-corrected chi connectivity index (χ2v) is 1.06. The molecule has 3 nitrogen and oxygen atoms in total. The van der Waals surface area contributed by atoms with Crippen molar-refractivity contribution in [1.29, 1.82) is 0 Å². The summed E-state index contributed by atoms with van der Waals surface area (Å²) in [6.45, 7) is 0. The van der Waals surface area contributed by atoms with Crippen molar-refractivity contribution in [3.05, 3.63) is 7.43 Å². The van der Waals surface area contributed by atoms with E-state index in [1.165, 1.54) is 0 Å². The van der Waals surface area contributed by atoms with Crippen LogP contribution in [0, 0.1) is 38.5 Å². The van der Waals surface area contributed by atoms with E-state index in [1.54, 1.807) is 14.1 Å². The molecule has 5 heteroatoms. The Labute approximate surface area is 75.7 Å². The van der Waals surface area contributed by atoms with E-state index >= 15 is 0 Å². The van der Waals surface area contributed by atoms with Gasteiger partial charge in [0.1, 0.15) is 0 Å². The van der Waals surface area contributed by atoms with Crippen LogP contribution < -0.4 is 16.1 Å². The van der Waals surface area contributed by atoms with Gasteiger partial charge in [0.15, 0.2) is 0 Å². The molecule has 0 aliphatic carbocycles. The predicted molar refractivity (Wildman–Crippen MR) is 34.5 cm³/mol. The Kier molecular flexibility index (Phi) is 21.8. The topological polar surface area (TPSA) is 50.1 Å². The molecule has 0 aromatic heterocycles. The van der Waals surface area contributed by atoms with E-state index in [2.05, 4.69) is 10.5 Å².